The minimum absolute atomic E-state index is 0. The van der Waals surface area contributed by atoms with Crippen LogP contribution in [-0.2, 0) is 20.9 Å². The first-order valence-electron chi connectivity index (χ1n) is 4.68. The van der Waals surface area contributed by atoms with E-state index >= 15 is 0 Å². The molecule has 0 saturated heterocycles. The average Bonchev–Trinajstić information content (AvgIpc) is 2.26. The summed E-state index contributed by atoms with van der Waals surface area (Å²) in [7, 11) is 0. The SMILES string of the molecule is C.C=C([O-])C(=O)[O-].[CH2-][C@@H]1CCCC[C@H]1[NH-].[I][Pt]. The van der Waals surface area contributed by atoms with E-state index in [0.29, 0.717) is 5.92 Å². The minimum atomic E-state index is -1.74. The molecule has 1 fully saturated rings. The third kappa shape index (κ3) is 14.3. The van der Waals surface area contributed by atoms with Crippen LogP contribution in [-0.4, -0.2) is 12.0 Å². The van der Waals surface area contributed by atoms with Gasteiger partial charge in [-0.3, -0.25) is 0 Å². The number of carbonyl (C=O) groups excluding carboxylic acids is 1. The molecule has 0 bridgehead atoms. The molecule has 0 unspecified atom stereocenters. The summed E-state index contributed by atoms with van der Waals surface area (Å²) in [5.41, 5.74) is 7.42. The first-order chi connectivity index (χ1) is 7.45. The quantitative estimate of drug-likeness (QED) is 0.221. The third-order valence-electron chi connectivity index (χ3n) is 2.14. The number of hydrogen-bond donors (Lipinski definition) is 0. The summed E-state index contributed by atoms with van der Waals surface area (Å²) in [4.78, 5) is 9.18. The van der Waals surface area contributed by atoms with Crippen LogP contribution in [0.2, 0.25) is 0 Å². The van der Waals surface area contributed by atoms with Gasteiger partial charge in [-0.25, -0.2) is 0 Å². The second-order valence-electron chi connectivity index (χ2n) is 3.36. The Morgan fingerprint density at radius 2 is 1.71 bits per heavy atom. The van der Waals surface area contributed by atoms with Crippen LogP contribution >= 0.6 is 19.4 Å². The second kappa shape index (κ2) is 14.4. The zero-order valence-corrected chi connectivity index (χ0v) is 13.2. The van der Waals surface area contributed by atoms with E-state index in [1.54, 1.807) is 0 Å². The molecule has 0 amide bonds. The van der Waals surface area contributed by atoms with Gasteiger partial charge >= 0.3 is 35.5 Å². The number of halogens is 1. The molecular weight excluding hydrogens is 516 g/mol. The van der Waals surface area contributed by atoms with Gasteiger partial charge in [-0.05, 0) is 0 Å². The predicted octanol–water partition coefficient (Wildman–Crippen LogP) is 1.56. The number of hydrogen-bond acceptors (Lipinski definition) is 3. The summed E-state index contributed by atoms with van der Waals surface area (Å²) in [6.45, 7) is 6.43. The summed E-state index contributed by atoms with van der Waals surface area (Å²) < 4.78 is 0. The monoisotopic (exact) mass is 535 g/mol. The van der Waals surface area contributed by atoms with E-state index in [0.717, 1.165) is 6.42 Å². The van der Waals surface area contributed by atoms with Gasteiger partial charge in [0.1, 0.15) is 0 Å². The van der Waals surface area contributed by atoms with E-state index in [2.05, 4.69) is 49.0 Å². The number of carbonyl (C=O) groups is 1. The van der Waals surface area contributed by atoms with Crippen molar-refractivity contribution in [1.29, 1.82) is 0 Å². The fourth-order valence-electron chi connectivity index (χ4n) is 1.21. The van der Waals surface area contributed by atoms with E-state index in [-0.39, 0.29) is 13.5 Å². The van der Waals surface area contributed by atoms with Gasteiger partial charge in [0.15, 0.2) is 0 Å². The van der Waals surface area contributed by atoms with Crippen LogP contribution in [0.3, 0.4) is 0 Å². The molecule has 0 aromatic rings. The Hall–Kier alpha value is 0.388. The van der Waals surface area contributed by atoms with Gasteiger partial charge in [0.2, 0.25) is 0 Å². The van der Waals surface area contributed by atoms with Crippen molar-refractivity contribution in [3.63, 3.8) is 0 Å². The van der Waals surface area contributed by atoms with Crippen LogP contribution < -0.4 is 10.2 Å². The number of aliphatic carboxylic acids is 1. The van der Waals surface area contributed by atoms with Crippen LogP contribution in [0.5, 0.6) is 0 Å². The van der Waals surface area contributed by atoms with E-state index in [9.17, 15) is 15.0 Å². The topological polar surface area (TPSA) is 87.0 Å². The first-order valence-corrected chi connectivity index (χ1v) is 11.1. The molecule has 2 atom stereocenters. The van der Waals surface area contributed by atoms with Crippen molar-refractivity contribution < 1.29 is 31.1 Å². The number of carboxylic acid groups (broad SMARTS) is 1. The summed E-state index contributed by atoms with van der Waals surface area (Å²) >= 11 is 4.23. The van der Waals surface area contributed by atoms with E-state index < -0.39 is 11.7 Å². The van der Waals surface area contributed by atoms with Crippen molar-refractivity contribution >= 4 is 25.3 Å². The van der Waals surface area contributed by atoms with Gasteiger partial charge in [-0.15, -0.1) is 6.58 Å². The number of rotatable bonds is 1. The Morgan fingerprint density at radius 1 is 1.35 bits per heavy atom. The van der Waals surface area contributed by atoms with Crippen LogP contribution in [0, 0.1) is 12.8 Å². The fraction of sp³-hybridized carbons (Fsp3) is 0.636. The molecule has 107 valence electrons. The Morgan fingerprint density at radius 3 is 1.88 bits per heavy atom. The van der Waals surface area contributed by atoms with Crippen LogP contribution in [0.25, 0.3) is 5.73 Å². The Bertz CT molecular complexity index is 193. The van der Waals surface area contributed by atoms with Crippen molar-refractivity contribution in [1.82, 2.24) is 0 Å². The van der Waals surface area contributed by atoms with Crippen molar-refractivity contribution in [3.8, 4) is 0 Å². The molecule has 0 spiro atoms. The molecule has 17 heavy (non-hydrogen) atoms. The van der Waals surface area contributed by atoms with Crippen molar-refractivity contribution in [3.05, 3.63) is 25.0 Å². The molecule has 4 nitrogen and oxygen atoms in total. The maximum atomic E-state index is 9.37. The van der Waals surface area contributed by atoms with Gasteiger partial charge in [0.25, 0.3) is 0 Å². The molecule has 0 heterocycles. The molecule has 1 N–H and O–H groups in total. The van der Waals surface area contributed by atoms with Crippen molar-refractivity contribution in [2.24, 2.45) is 5.92 Å². The third-order valence-corrected chi connectivity index (χ3v) is 2.14. The van der Waals surface area contributed by atoms with Crippen molar-refractivity contribution in [2.45, 2.75) is 39.2 Å². The summed E-state index contributed by atoms with van der Waals surface area (Å²) in [6, 6.07) is 0.142. The summed E-state index contributed by atoms with van der Waals surface area (Å²) in [6.07, 6.45) is 4.80. The molecule has 1 saturated carbocycles. The van der Waals surface area contributed by atoms with E-state index in [1.807, 2.05) is 0 Å². The van der Waals surface area contributed by atoms with Crippen LogP contribution in [0.15, 0.2) is 12.3 Å². The number of carboxylic acids is 1. The summed E-state index contributed by atoms with van der Waals surface area (Å²) in [5, 5.41) is 18.5. The molecule has 1 rings (SSSR count). The van der Waals surface area contributed by atoms with Crippen LogP contribution in [0.1, 0.15) is 33.1 Å². The molecular formula is C11H19INO3Pt-4. The Kier molecular flexibility index (Phi) is 19.2. The molecule has 1 aliphatic rings. The van der Waals surface area contributed by atoms with Crippen molar-refractivity contribution in [2.75, 3.05) is 0 Å². The average molecular weight is 535 g/mol. The van der Waals surface area contributed by atoms with Gasteiger partial charge in [0.05, 0.1) is 5.97 Å². The molecule has 0 aromatic heterocycles. The molecule has 0 aromatic carbocycles. The predicted molar refractivity (Wildman–Crippen MR) is 70.3 cm³/mol. The van der Waals surface area contributed by atoms with E-state index in [1.165, 1.54) is 19.3 Å². The van der Waals surface area contributed by atoms with E-state index in [4.69, 9.17) is 5.73 Å². The standard InChI is InChI=1S/C7H13N.C3H4O3.CH4.HI.Pt/c1-6-4-2-3-5-7(6)8;1-2(4)3(5)6;;;/h6-8H,1-5H2;4H,1H2,(H,5,6);1H4;1H;/q-2;;;;+1/p-3/t6-,7-;;;;/m1..../s1. The second-order valence-corrected chi connectivity index (χ2v) is 3.36. The van der Waals surface area contributed by atoms with Gasteiger partial charge < -0.3 is 27.7 Å². The number of nitrogens with one attached hydrogen (secondary N) is 1. The Labute approximate surface area is 126 Å². The van der Waals surface area contributed by atoms with Gasteiger partial charge in [0, 0.05) is 0 Å². The zero-order valence-electron chi connectivity index (χ0n) is 8.82. The maximum absolute atomic E-state index is 9.37. The Balaban J connectivity index is -0.000000197. The van der Waals surface area contributed by atoms with Gasteiger partial charge in [-0.1, -0.05) is 38.9 Å². The van der Waals surface area contributed by atoms with Gasteiger partial charge in [-0.2, -0.15) is 12.0 Å². The zero-order chi connectivity index (χ0) is 13.1. The summed E-state index contributed by atoms with van der Waals surface area (Å²) in [5.74, 6) is -2.51. The fourth-order valence-corrected chi connectivity index (χ4v) is 1.21. The molecule has 0 aliphatic heterocycles. The normalized spacial score (nSPS) is 21.7. The molecule has 6 heteroatoms. The van der Waals surface area contributed by atoms with Crippen LogP contribution in [0.4, 0.5) is 0 Å². The first kappa shape index (κ1) is 22.6. The molecule has 0 radical (unpaired) electrons. The molecule has 1 aliphatic carbocycles.